The van der Waals surface area contributed by atoms with Gasteiger partial charge in [-0.1, -0.05) is 0 Å². The van der Waals surface area contributed by atoms with Crippen LogP contribution in [-0.2, 0) is 9.53 Å². The Kier molecular flexibility index (Phi) is 2.51. The van der Waals surface area contributed by atoms with E-state index >= 15 is 0 Å². The molecule has 0 unspecified atom stereocenters. The van der Waals surface area contributed by atoms with E-state index in [1.54, 1.807) is 0 Å². The Morgan fingerprint density at radius 3 is 2.40 bits per heavy atom. The van der Waals surface area contributed by atoms with Gasteiger partial charge in [-0.2, -0.15) is 0 Å². The van der Waals surface area contributed by atoms with E-state index < -0.39 is 11.6 Å². The summed E-state index contributed by atoms with van der Waals surface area (Å²) in [5.41, 5.74) is 5.48. The Bertz CT molecular complexity index is 262. The Morgan fingerprint density at radius 1 is 1.40 bits per heavy atom. The second-order valence-corrected chi connectivity index (χ2v) is 5.62. The zero-order valence-electron chi connectivity index (χ0n) is 9.62. The van der Waals surface area contributed by atoms with E-state index in [2.05, 4.69) is 5.32 Å². The molecule has 0 amide bonds. The molecule has 4 atom stereocenters. The molecule has 15 heavy (non-hydrogen) atoms. The molecule has 0 aromatic heterocycles. The molecule has 4 nitrogen and oxygen atoms in total. The summed E-state index contributed by atoms with van der Waals surface area (Å²) >= 11 is 0. The van der Waals surface area contributed by atoms with Gasteiger partial charge in [0.05, 0.1) is 0 Å². The monoisotopic (exact) mass is 212 g/mol. The maximum absolute atomic E-state index is 11.7. The topological polar surface area (TPSA) is 64.3 Å². The third kappa shape index (κ3) is 2.16. The SMILES string of the molecule is CC(C)(C)OC(=O)[C@H](N)[C@@H]1[C@@H]2CNC[C@@H]21. The van der Waals surface area contributed by atoms with E-state index in [0.717, 1.165) is 13.1 Å². The standard InChI is InChI=1S/C11H20N2O2/c1-11(2,3)15-10(14)9(12)8-6-4-13-5-7(6)8/h6-9,13H,4-5,12H2,1-3H3/t6-,7+,8-,9-/m1/s1. The molecule has 0 aromatic rings. The molecule has 1 aliphatic carbocycles. The fourth-order valence-corrected chi connectivity index (χ4v) is 2.53. The molecule has 1 saturated heterocycles. The zero-order chi connectivity index (χ0) is 11.2. The summed E-state index contributed by atoms with van der Waals surface area (Å²) in [6.45, 7) is 7.62. The van der Waals surface area contributed by atoms with Crippen molar-refractivity contribution in [2.24, 2.45) is 23.5 Å². The quantitative estimate of drug-likeness (QED) is 0.638. The minimum atomic E-state index is -0.434. The highest BCUT2D eigenvalue weighted by atomic mass is 16.6. The normalized spacial score (nSPS) is 35.9. The first-order valence-electron chi connectivity index (χ1n) is 5.59. The molecular weight excluding hydrogens is 192 g/mol. The number of hydrogen-bond donors (Lipinski definition) is 2. The van der Waals surface area contributed by atoms with Crippen molar-refractivity contribution in [2.45, 2.75) is 32.4 Å². The van der Waals surface area contributed by atoms with Gasteiger partial charge in [0.15, 0.2) is 0 Å². The van der Waals surface area contributed by atoms with Crippen molar-refractivity contribution in [1.82, 2.24) is 5.32 Å². The largest absolute Gasteiger partial charge is 0.459 e. The van der Waals surface area contributed by atoms with E-state index in [1.165, 1.54) is 0 Å². The molecule has 1 saturated carbocycles. The summed E-state index contributed by atoms with van der Waals surface area (Å²) in [6, 6.07) is -0.429. The van der Waals surface area contributed by atoms with Gasteiger partial charge in [-0.05, 0) is 51.6 Å². The molecule has 2 rings (SSSR count). The number of carbonyl (C=O) groups excluding carboxylic acids is 1. The fourth-order valence-electron chi connectivity index (χ4n) is 2.53. The summed E-state index contributed by atoms with van der Waals surface area (Å²) in [6.07, 6.45) is 0. The summed E-state index contributed by atoms with van der Waals surface area (Å²) in [5, 5.41) is 3.29. The van der Waals surface area contributed by atoms with Gasteiger partial charge in [-0.3, -0.25) is 4.79 Å². The number of fused-ring (bicyclic) bond motifs is 1. The third-order valence-corrected chi connectivity index (χ3v) is 3.25. The zero-order valence-corrected chi connectivity index (χ0v) is 9.62. The first kappa shape index (κ1) is 10.9. The van der Waals surface area contributed by atoms with Crippen LogP contribution in [0.1, 0.15) is 20.8 Å². The van der Waals surface area contributed by atoms with Crippen LogP contribution < -0.4 is 11.1 Å². The first-order chi connectivity index (χ1) is 6.90. The van der Waals surface area contributed by atoms with E-state index in [-0.39, 0.29) is 5.97 Å². The summed E-state index contributed by atoms with van der Waals surface area (Å²) in [5.74, 6) is 1.31. The lowest BCUT2D eigenvalue weighted by Gasteiger charge is -2.22. The fraction of sp³-hybridized carbons (Fsp3) is 0.909. The van der Waals surface area contributed by atoms with Gasteiger partial charge < -0.3 is 15.8 Å². The Hall–Kier alpha value is -0.610. The third-order valence-electron chi connectivity index (χ3n) is 3.25. The first-order valence-corrected chi connectivity index (χ1v) is 5.59. The van der Waals surface area contributed by atoms with Crippen LogP contribution in [-0.4, -0.2) is 30.7 Å². The smallest absolute Gasteiger partial charge is 0.323 e. The van der Waals surface area contributed by atoms with Crippen LogP contribution in [0, 0.1) is 17.8 Å². The highest BCUT2D eigenvalue weighted by molar-refractivity contribution is 5.77. The number of piperidine rings is 1. The van der Waals surface area contributed by atoms with Crippen molar-refractivity contribution in [3.05, 3.63) is 0 Å². The van der Waals surface area contributed by atoms with Crippen molar-refractivity contribution < 1.29 is 9.53 Å². The van der Waals surface area contributed by atoms with Gasteiger partial charge in [0.1, 0.15) is 11.6 Å². The highest BCUT2D eigenvalue weighted by Crippen LogP contribution is 2.50. The van der Waals surface area contributed by atoms with Gasteiger partial charge >= 0.3 is 5.97 Å². The molecule has 0 aromatic carbocycles. The number of esters is 1. The Morgan fingerprint density at radius 2 is 1.93 bits per heavy atom. The van der Waals surface area contributed by atoms with Crippen LogP contribution in [0.25, 0.3) is 0 Å². The lowest BCUT2D eigenvalue weighted by Crippen LogP contribution is -2.41. The van der Waals surface area contributed by atoms with Crippen LogP contribution in [0.2, 0.25) is 0 Å². The van der Waals surface area contributed by atoms with Gasteiger partial charge in [0.25, 0.3) is 0 Å². The van der Waals surface area contributed by atoms with Gasteiger partial charge in [0.2, 0.25) is 0 Å². The minimum absolute atomic E-state index is 0.248. The molecule has 0 radical (unpaired) electrons. The van der Waals surface area contributed by atoms with E-state index in [0.29, 0.717) is 17.8 Å². The molecule has 1 heterocycles. The summed E-state index contributed by atoms with van der Waals surface area (Å²) < 4.78 is 5.28. The van der Waals surface area contributed by atoms with Crippen molar-refractivity contribution in [1.29, 1.82) is 0 Å². The van der Waals surface area contributed by atoms with Crippen molar-refractivity contribution in [3.63, 3.8) is 0 Å². The van der Waals surface area contributed by atoms with Crippen LogP contribution >= 0.6 is 0 Å². The molecule has 2 fully saturated rings. The van der Waals surface area contributed by atoms with Gasteiger partial charge in [-0.25, -0.2) is 0 Å². The number of carbonyl (C=O) groups is 1. The summed E-state index contributed by atoms with van der Waals surface area (Å²) in [4.78, 5) is 11.7. The van der Waals surface area contributed by atoms with Crippen molar-refractivity contribution in [3.8, 4) is 0 Å². The number of nitrogens with one attached hydrogen (secondary N) is 1. The van der Waals surface area contributed by atoms with Crippen LogP contribution in [0.4, 0.5) is 0 Å². The average Bonchev–Trinajstić information content (AvgIpc) is 2.54. The maximum Gasteiger partial charge on any atom is 0.323 e. The number of rotatable bonds is 2. The highest BCUT2D eigenvalue weighted by Gasteiger charge is 2.57. The minimum Gasteiger partial charge on any atom is -0.459 e. The van der Waals surface area contributed by atoms with Crippen molar-refractivity contribution >= 4 is 5.97 Å². The predicted molar refractivity (Wildman–Crippen MR) is 57.2 cm³/mol. The predicted octanol–water partition coefficient (Wildman–Crippen LogP) is 0.121. The summed E-state index contributed by atoms with van der Waals surface area (Å²) in [7, 11) is 0. The molecule has 4 heteroatoms. The van der Waals surface area contributed by atoms with Crippen LogP contribution in [0.3, 0.4) is 0 Å². The average molecular weight is 212 g/mol. The van der Waals surface area contributed by atoms with E-state index in [4.69, 9.17) is 10.5 Å². The second-order valence-electron chi connectivity index (χ2n) is 5.62. The number of hydrogen-bond acceptors (Lipinski definition) is 4. The van der Waals surface area contributed by atoms with Gasteiger partial charge in [-0.15, -0.1) is 0 Å². The molecular formula is C11H20N2O2. The van der Waals surface area contributed by atoms with Gasteiger partial charge in [0, 0.05) is 0 Å². The van der Waals surface area contributed by atoms with E-state index in [1.807, 2.05) is 20.8 Å². The molecule has 3 N–H and O–H groups in total. The van der Waals surface area contributed by atoms with Crippen molar-refractivity contribution in [2.75, 3.05) is 13.1 Å². The molecule has 2 aliphatic rings. The lowest BCUT2D eigenvalue weighted by molar-refractivity contribution is -0.157. The van der Waals surface area contributed by atoms with Crippen LogP contribution in [0.15, 0.2) is 0 Å². The lowest BCUT2D eigenvalue weighted by atomic mass is 10.1. The number of nitrogens with two attached hydrogens (primary N) is 1. The maximum atomic E-state index is 11.7. The molecule has 0 spiro atoms. The molecule has 0 bridgehead atoms. The number of ether oxygens (including phenoxy) is 1. The molecule has 86 valence electrons. The Balaban J connectivity index is 1.87. The Labute approximate surface area is 90.5 Å². The second kappa shape index (κ2) is 3.46. The van der Waals surface area contributed by atoms with E-state index in [9.17, 15) is 4.79 Å². The van der Waals surface area contributed by atoms with Crippen LogP contribution in [0.5, 0.6) is 0 Å². The molecule has 1 aliphatic heterocycles.